The highest BCUT2D eigenvalue weighted by molar-refractivity contribution is 7.92. The Balaban J connectivity index is 1.91. The van der Waals surface area contributed by atoms with Crippen LogP contribution in [0, 0.1) is 0 Å². The molecule has 0 aliphatic heterocycles. The monoisotopic (exact) mass is 458 g/mol. The zero-order valence-electron chi connectivity index (χ0n) is 17.2. The third-order valence-electron chi connectivity index (χ3n) is 4.90. The van der Waals surface area contributed by atoms with Crippen molar-refractivity contribution >= 4 is 49.5 Å². The first-order valence-corrected chi connectivity index (χ1v) is 11.8. The van der Waals surface area contributed by atoms with Gasteiger partial charge in [0.1, 0.15) is 16.2 Å². The number of halogens is 1. The van der Waals surface area contributed by atoms with E-state index in [1.165, 1.54) is 12.1 Å². The van der Waals surface area contributed by atoms with E-state index in [0.717, 1.165) is 0 Å². The maximum atomic E-state index is 13.5. The first-order valence-electron chi connectivity index (χ1n) is 9.95. The fourth-order valence-electron chi connectivity index (χ4n) is 3.47. The van der Waals surface area contributed by atoms with Crippen molar-refractivity contribution in [1.82, 2.24) is 14.5 Å². The molecule has 2 heterocycles. The standard InChI is InChI=1S/C22H23ClN4O3S/c1-14(2)30-12-6-11-27-21(24)20(31(28,29)16-8-5-7-15(23)13-16)19-22(27)26-18-10-4-3-9-17(18)25-19/h3-5,7-10,13-14H,6,11-12,24H2,1-2H3. The molecule has 2 aromatic carbocycles. The number of ether oxygens (including phenoxy) is 1. The number of nitrogens with two attached hydrogens (primary N) is 1. The van der Waals surface area contributed by atoms with Gasteiger partial charge in [-0.3, -0.25) is 0 Å². The lowest BCUT2D eigenvalue weighted by atomic mass is 10.3. The second-order valence-corrected chi connectivity index (χ2v) is 9.81. The minimum absolute atomic E-state index is 0.0483. The molecule has 7 nitrogen and oxygen atoms in total. The summed E-state index contributed by atoms with van der Waals surface area (Å²) in [5.74, 6) is 0.106. The Bertz CT molecular complexity index is 1370. The Kier molecular flexibility index (Phi) is 5.88. The van der Waals surface area contributed by atoms with Gasteiger partial charge in [0.2, 0.25) is 9.84 Å². The highest BCUT2D eigenvalue weighted by Crippen LogP contribution is 2.36. The molecule has 0 bridgehead atoms. The number of anilines is 1. The van der Waals surface area contributed by atoms with Crippen LogP contribution in [-0.4, -0.2) is 35.7 Å². The number of para-hydroxylation sites is 2. The predicted molar refractivity (Wildman–Crippen MR) is 122 cm³/mol. The molecule has 9 heteroatoms. The van der Waals surface area contributed by atoms with E-state index in [-0.39, 0.29) is 27.2 Å². The molecule has 4 rings (SSSR count). The zero-order chi connectivity index (χ0) is 22.2. The highest BCUT2D eigenvalue weighted by Gasteiger charge is 2.30. The van der Waals surface area contributed by atoms with Gasteiger partial charge in [-0.2, -0.15) is 0 Å². The van der Waals surface area contributed by atoms with Crippen LogP contribution in [0.4, 0.5) is 5.82 Å². The number of nitrogen functional groups attached to an aromatic ring is 1. The van der Waals surface area contributed by atoms with Crippen molar-refractivity contribution in [3.05, 3.63) is 53.6 Å². The van der Waals surface area contributed by atoms with Crippen LogP contribution in [-0.2, 0) is 21.1 Å². The van der Waals surface area contributed by atoms with Crippen LogP contribution in [0.15, 0.2) is 58.3 Å². The fourth-order valence-corrected chi connectivity index (χ4v) is 5.28. The molecule has 0 unspecified atom stereocenters. The molecule has 0 spiro atoms. The summed E-state index contributed by atoms with van der Waals surface area (Å²) in [6.07, 6.45) is 0.762. The largest absolute Gasteiger partial charge is 0.384 e. The zero-order valence-corrected chi connectivity index (χ0v) is 18.8. The van der Waals surface area contributed by atoms with Crippen LogP contribution in [0.2, 0.25) is 5.02 Å². The molecule has 0 aliphatic carbocycles. The quantitative estimate of drug-likeness (QED) is 0.410. The smallest absolute Gasteiger partial charge is 0.212 e. The summed E-state index contributed by atoms with van der Waals surface area (Å²) >= 11 is 6.05. The molecule has 162 valence electrons. The number of aromatic nitrogens is 3. The van der Waals surface area contributed by atoms with E-state index in [1.54, 1.807) is 22.8 Å². The van der Waals surface area contributed by atoms with Gasteiger partial charge in [0.25, 0.3) is 0 Å². The van der Waals surface area contributed by atoms with Gasteiger partial charge in [0.05, 0.1) is 22.0 Å². The predicted octanol–water partition coefficient (Wildman–Crippen LogP) is 4.47. The number of hydrogen-bond donors (Lipinski definition) is 1. The van der Waals surface area contributed by atoms with Crippen LogP contribution < -0.4 is 5.73 Å². The molecule has 2 N–H and O–H groups in total. The van der Waals surface area contributed by atoms with E-state index >= 15 is 0 Å². The Morgan fingerprint density at radius 2 is 1.81 bits per heavy atom. The molecule has 0 atom stereocenters. The molecular formula is C22H23ClN4O3S. The number of sulfone groups is 1. The van der Waals surface area contributed by atoms with Gasteiger partial charge in [0, 0.05) is 18.2 Å². The SMILES string of the molecule is CC(C)OCCCn1c(N)c(S(=O)(=O)c2cccc(Cl)c2)c2nc3ccccc3nc21. The van der Waals surface area contributed by atoms with Gasteiger partial charge >= 0.3 is 0 Å². The molecular weight excluding hydrogens is 436 g/mol. The third kappa shape index (κ3) is 4.11. The summed E-state index contributed by atoms with van der Waals surface area (Å²) in [5.41, 5.74) is 8.36. The maximum absolute atomic E-state index is 13.5. The second kappa shape index (κ2) is 8.45. The van der Waals surface area contributed by atoms with Crippen molar-refractivity contribution < 1.29 is 13.2 Å². The first kappa shape index (κ1) is 21.5. The minimum atomic E-state index is -3.97. The van der Waals surface area contributed by atoms with Crippen molar-refractivity contribution in [2.24, 2.45) is 0 Å². The summed E-state index contributed by atoms with van der Waals surface area (Å²) in [4.78, 5) is 9.32. The van der Waals surface area contributed by atoms with Crippen molar-refractivity contribution in [3.8, 4) is 0 Å². The molecule has 0 aliphatic rings. The Hall–Kier alpha value is -2.68. The second-order valence-electron chi connectivity index (χ2n) is 7.48. The summed E-state index contributed by atoms with van der Waals surface area (Å²) < 4.78 is 34.4. The molecule has 0 saturated carbocycles. The Morgan fingerprint density at radius 3 is 2.48 bits per heavy atom. The van der Waals surface area contributed by atoms with Crippen molar-refractivity contribution in [1.29, 1.82) is 0 Å². The summed E-state index contributed by atoms with van der Waals surface area (Å²) in [6, 6.07) is 13.4. The average Bonchev–Trinajstić information content (AvgIpc) is 3.00. The van der Waals surface area contributed by atoms with Gasteiger partial charge < -0.3 is 15.0 Å². The molecule has 0 amide bonds. The lowest BCUT2D eigenvalue weighted by Gasteiger charge is -2.10. The van der Waals surface area contributed by atoms with Crippen molar-refractivity contribution in [2.45, 2.75) is 42.7 Å². The summed E-state index contributed by atoms with van der Waals surface area (Å²) in [7, 11) is -3.97. The Morgan fingerprint density at radius 1 is 1.10 bits per heavy atom. The van der Waals surface area contributed by atoms with Gasteiger partial charge in [-0.05, 0) is 50.6 Å². The number of nitrogens with zero attached hydrogens (tertiary/aromatic N) is 3. The normalized spacial score (nSPS) is 12.3. The van der Waals surface area contributed by atoms with E-state index < -0.39 is 9.84 Å². The molecule has 4 aromatic rings. The Labute approximate surface area is 185 Å². The van der Waals surface area contributed by atoms with Crippen LogP contribution >= 0.6 is 11.6 Å². The molecule has 0 radical (unpaired) electrons. The first-order chi connectivity index (χ1) is 14.8. The minimum Gasteiger partial charge on any atom is -0.384 e. The lowest BCUT2D eigenvalue weighted by Crippen LogP contribution is -2.11. The van der Waals surface area contributed by atoms with E-state index in [4.69, 9.17) is 22.1 Å². The van der Waals surface area contributed by atoms with Crippen LogP contribution in [0.5, 0.6) is 0 Å². The van der Waals surface area contributed by atoms with Gasteiger partial charge in [-0.15, -0.1) is 0 Å². The van der Waals surface area contributed by atoms with E-state index in [1.807, 2.05) is 32.0 Å². The topological polar surface area (TPSA) is 100 Å². The van der Waals surface area contributed by atoms with E-state index in [0.29, 0.717) is 41.3 Å². The number of benzene rings is 2. The molecule has 0 fully saturated rings. The molecule has 2 aromatic heterocycles. The number of aryl methyl sites for hydroxylation is 1. The van der Waals surface area contributed by atoms with E-state index in [2.05, 4.69) is 9.97 Å². The fraction of sp³-hybridized carbons (Fsp3) is 0.273. The lowest BCUT2D eigenvalue weighted by molar-refractivity contribution is 0.0751. The highest BCUT2D eigenvalue weighted by atomic mass is 35.5. The van der Waals surface area contributed by atoms with Crippen LogP contribution in [0.25, 0.3) is 22.2 Å². The van der Waals surface area contributed by atoms with Gasteiger partial charge in [-0.25, -0.2) is 18.4 Å². The third-order valence-corrected chi connectivity index (χ3v) is 6.95. The van der Waals surface area contributed by atoms with Gasteiger partial charge in [-0.1, -0.05) is 29.8 Å². The molecule has 31 heavy (non-hydrogen) atoms. The summed E-state index contributed by atoms with van der Waals surface area (Å²) in [6.45, 7) is 4.90. The van der Waals surface area contributed by atoms with Crippen LogP contribution in [0.1, 0.15) is 20.3 Å². The maximum Gasteiger partial charge on any atom is 0.212 e. The summed E-state index contributed by atoms with van der Waals surface area (Å²) in [5, 5.41) is 0.325. The average molecular weight is 459 g/mol. The van der Waals surface area contributed by atoms with Crippen molar-refractivity contribution in [2.75, 3.05) is 12.3 Å². The number of fused-ring (bicyclic) bond motifs is 2. The van der Waals surface area contributed by atoms with Crippen molar-refractivity contribution in [3.63, 3.8) is 0 Å². The number of hydrogen-bond acceptors (Lipinski definition) is 6. The van der Waals surface area contributed by atoms with E-state index in [9.17, 15) is 8.42 Å². The number of rotatable bonds is 7. The van der Waals surface area contributed by atoms with Crippen LogP contribution in [0.3, 0.4) is 0 Å². The van der Waals surface area contributed by atoms with Gasteiger partial charge in [0.15, 0.2) is 5.65 Å². The molecule has 0 saturated heterocycles.